The van der Waals surface area contributed by atoms with Crippen LogP contribution in [0, 0.1) is 0 Å². The molecule has 0 aliphatic carbocycles. The van der Waals surface area contributed by atoms with Crippen LogP contribution in [0.3, 0.4) is 0 Å². The smallest absolute Gasteiger partial charge is 0.240 e. The molecule has 6 heteroatoms. The fourth-order valence-corrected chi connectivity index (χ4v) is 3.68. The summed E-state index contributed by atoms with van der Waals surface area (Å²) in [6, 6.07) is 7.96. The summed E-state index contributed by atoms with van der Waals surface area (Å²) < 4.78 is 26.6. The Morgan fingerprint density at radius 3 is 2.62 bits per heavy atom. The molecule has 118 valence electrons. The van der Waals surface area contributed by atoms with Gasteiger partial charge in [-0.05, 0) is 57.0 Å². The molecule has 1 fully saturated rings. The van der Waals surface area contributed by atoms with E-state index in [0.717, 1.165) is 31.5 Å². The molecule has 21 heavy (non-hydrogen) atoms. The summed E-state index contributed by atoms with van der Waals surface area (Å²) in [5, 5.41) is 6.90. The lowest BCUT2D eigenvalue weighted by Crippen LogP contribution is -2.41. The van der Waals surface area contributed by atoms with Crippen LogP contribution >= 0.6 is 0 Å². The van der Waals surface area contributed by atoms with E-state index >= 15 is 0 Å². The van der Waals surface area contributed by atoms with Gasteiger partial charge in [-0.1, -0.05) is 6.92 Å². The van der Waals surface area contributed by atoms with Crippen LogP contribution in [0.1, 0.15) is 33.1 Å². The van der Waals surface area contributed by atoms with Crippen molar-refractivity contribution in [3.63, 3.8) is 0 Å². The van der Waals surface area contributed by atoms with E-state index in [9.17, 15) is 8.42 Å². The number of benzene rings is 1. The number of nitrogens with one attached hydrogen (secondary N) is 3. The van der Waals surface area contributed by atoms with Crippen molar-refractivity contribution in [3.05, 3.63) is 24.3 Å². The third-order valence-electron chi connectivity index (χ3n) is 3.70. The minimum absolute atomic E-state index is 0.320. The Morgan fingerprint density at radius 1 is 1.29 bits per heavy atom. The molecule has 0 amide bonds. The van der Waals surface area contributed by atoms with Gasteiger partial charge in [0.1, 0.15) is 0 Å². The van der Waals surface area contributed by atoms with E-state index in [0.29, 0.717) is 23.5 Å². The van der Waals surface area contributed by atoms with E-state index in [1.54, 1.807) is 12.1 Å². The number of sulfonamides is 1. The van der Waals surface area contributed by atoms with E-state index in [1.807, 2.05) is 19.1 Å². The Bertz CT molecular complexity index is 543. The van der Waals surface area contributed by atoms with Crippen molar-refractivity contribution < 1.29 is 8.42 Å². The second-order valence-electron chi connectivity index (χ2n) is 5.64. The van der Waals surface area contributed by atoms with Crippen molar-refractivity contribution in [3.8, 4) is 0 Å². The summed E-state index contributed by atoms with van der Waals surface area (Å²) in [6.07, 6.45) is 2.95. The average molecular weight is 311 g/mol. The summed E-state index contributed by atoms with van der Waals surface area (Å²) in [7, 11) is -3.37. The fraction of sp³-hybridized carbons (Fsp3) is 0.600. The molecular weight excluding hydrogens is 286 g/mol. The Hall–Kier alpha value is -1.11. The molecule has 0 bridgehead atoms. The second-order valence-corrected chi connectivity index (χ2v) is 7.41. The maximum Gasteiger partial charge on any atom is 0.240 e. The molecule has 2 rings (SSSR count). The zero-order valence-electron chi connectivity index (χ0n) is 12.7. The maximum absolute atomic E-state index is 12.0. The third kappa shape index (κ3) is 4.69. The topological polar surface area (TPSA) is 70.2 Å². The zero-order valence-corrected chi connectivity index (χ0v) is 13.5. The maximum atomic E-state index is 12.0. The van der Waals surface area contributed by atoms with Crippen LogP contribution < -0.4 is 15.4 Å². The van der Waals surface area contributed by atoms with Gasteiger partial charge in [-0.3, -0.25) is 0 Å². The predicted octanol–water partition coefficient (Wildman–Crippen LogP) is 1.93. The van der Waals surface area contributed by atoms with E-state index in [2.05, 4.69) is 22.3 Å². The first-order valence-corrected chi connectivity index (χ1v) is 9.09. The highest BCUT2D eigenvalue weighted by Gasteiger charge is 2.18. The molecule has 1 aromatic rings. The monoisotopic (exact) mass is 311 g/mol. The standard InChI is InChI=1S/C15H25N3O2S/c1-3-9-17-21(19,20)15-6-4-13(5-7-15)18-14-8-10-16-12(2)11-14/h4-7,12,14,16-18H,3,8-11H2,1-2H3. The van der Waals surface area contributed by atoms with E-state index in [-0.39, 0.29) is 0 Å². The van der Waals surface area contributed by atoms with Crippen molar-refractivity contribution in [1.29, 1.82) is 0 Å². The van der Waals surface area contributed by atoms with Gasteiger partial charge in [-0.25, -0.2) is 13.1 Å². The first-order chi connectivity index (χ1) is 10.0. The number of rotatable bonds is 6. The minimum atomic E-state index is -3.37. The van der Waals surface area contributed by atoms with Crippen LogP contribution in [0.15, 0.2) is 29.2 Å². The molecule has 0 saturated carbocycles. The normalized spacial score (nSPS) is 23.0. The number of hydrogen-bond donors (Lipinski definition) is 3. The Labute approximate surface area is 127 Å². The number of hydrogen-bond acceptors (Lipinski definition) is 4. The van der Waals surface area contributed by atoms with Gasteiger partial charge < -0.3 is 10.6 Å². The van der Waals surface area contributed by atoms with Crippen molar-refractivity contribution in [2.45, 2.75) is 50.1 Å². The summed E-state index contributed by atoms with van der Waals surface area (Å²) in [4.78, 5) is 0.320. The molecule has 0 aromatic heterocycles. The first kappa shape index (κ1) is 16.3. The van der Waals surface area contributed by atoms with Crippen LogP contribution in [0.5, 0.6) is 0 Å². The second kappa shape index (κ2) is 7.24. The Morgan fingerprint density at radius 2 is 2.00 bits per heavy atom. The van der Waals surface area contributed by atoms with Crippen LogP contribution in [0.4, 0.5) is 5.69 Å². The van der Waals surface area contributed by atoms with Crippen LogP contribution in [-0.4, -0.2) is 33.6 Å². The van der Waals surface area contributed by atoms with Crippen LogP contribution in [0.25, 0.3) is 0 Å². The molecule has 1 aromatic carbocycles. The third-order valence-corrected chi connectivity index (χ3v) is 5.18. The van der Waals surface area contributed by atoms with Gasteiger partial charge in [0.25, 0.3) is 0 Å². The van der Waals surface area contributed by atoms with Crippen molar-refractivity contribution in [1.82, 2.24) is 10.0 Å². The number of piperidine rings is 1. The molecule has 1 saturated heterocycles. The molecule has 0 spiro atoms. The minimum Gasteiger partial charge on any atom is -0.382 e. The first-order valence-electron chi connectivity index (χ1n) is 7.61. The van der Waals surface area contributed by atoms with Crippen molar-refractivity contribution in [2.24, 2.45) is 0 Å². The van der Waals surface area contributed by atoms with Gasteiger partial charge in [0.05, 0.1) is 4.90 Å². The average Bonchev–Trinajstić information content (AvgIpc) is 2.46. The molecule has 1 aliphatic rings. The summed E-state index contributed by atoms with van der Waals surface area (Å²) in [5.41, 5.74) is 0.976. The highest BCUT2D eigenvalue weighted by molar-refractivity contribution is 7.89. The van der Waals surface area contributed by atoms with Gasteiger partial charge >= 0.3 is 0 Å². The molecule has 2 unspecified atom stereocenters. The van der Waals surface area contributed by atoms with E-state index in [1.165, 1.54) is 0 Å². The lowest BCUT2D eigenvalue weighted by atomic mass is 10.0. The highest BCUT2D eigenvalue weighted by atomic mass is 32.2. The lowest BCUT2D eigenvalue weighted by molar-refractivity contribution is 0.396. The highest BCUT2D eigenvalue weighted by Crippen LogP contribution is 2.18. The van der Waals surface area contributed by atoms with E-state index < -0.39 is 10.0 Å². The van der Waals surface area contributed by atoms with E-state index in [4.69, 9.17) is 0 Å². The molecule has 0 radical (unpaired) electrons. The Kier molecular flexibility index (Phi) is 5.61. The zero-order chi connectivity index (χ0) is 15.3. The number of anilines is 1. The van der Waals surface area contributed by atoms with Gasteiger partial charge in [-0.2, -0.15) is 0 Å². The quantitative estimate of drug-likeness (QED) is 0.751. The Balaban J connectivity index is 1.98. The molecule has 1 aliphatic heterocycles. The molecule has 1 heterocycles. The summed E-state index contributed by atoms with van der Waals surface area (Å²) in [6.45, 7) is 5.61. The van der Waals surface area contributed by atoms with Gasteiger partial charge in [0.2, 0.25) is 10.0 Å². The lowest BCUT2D eigenvalue weighted by Gasteiger charge is -2.29. The molecule has 3 N–H and O–H groups in total. The van der Waals surface area contributed by atoms with Crippen LogP contribution in [0.2, 0.25) is 0 Å². The summed E-state index contributed by atoms with van der Waals surface area (Å²) in [5.74, 6) is 0. The van der Waals surface area contributed by atoms with Gasteiger partial charge in [0.15, 0.2) is 0 Å². The van der Waals surface area contributed by atoms with Gasteiger partial charge in [0, 0.05) is 24.3 Å². The summed E-state index contributed by atoms with van der Waals surface area (Å²) >= 11 is 0. The van der Waals surface area contributed by atoms with Gasteiger partial charge in [-0.15, -0.1) is 0 Å². The van der Waals surface area contributed by atoms with Crippen molar-refractivity contribution >= 4 is 15.7 Å². The fourth-order valence-electron chi connectivity index (χ4n) is 2.55. The molecule has 2 atom stereocenters. The predicted molar refractivity (Wildman–Crippen MR) is 86.0 cm³/mol. The van der Waals surface area contributed by atoms with Crippen molar-refractivity contribution in [2.75, 3.05) is 18.4 Å². The molecule has 5 nitrogen and oxygen atoms in total. The largest absolute Gasteiger partial charge is 0.382 e. The SMILES string of the molecule is CCCNS(=O)(=O)c1ccc(NC2CCNC(C)C2)cc1. The van der Waals surface area contributed by atoms with Crippen LogP contribution in [-0.2, 0) is 10.0 Å². The molecular formula is C15H25N3O2S.